The van der Waals surface area contributed by atoms with Gasteiger partial charge in [0.05, 0.1) is 11.3 Å². The highest BCUT2D eigenvalue weighted by atomic mass is 16.4. The molecule has 0 aromatic rings. The van der Waals surface area contributed by atoms with Crippen LogP contribution in [0, 0.1) is 29.1 Å². The third-order valence-corrected chi connectivity index (χ3v) is 7.27. The summed E-state index contributed by atoms with van der Waals surface area (Å²) >= 11 is 0. The number of hydrogen-bond acceptors (Lipinski definition) is 2. The first kappa shape index (κ1) is 28.7. The van der Waals surface area contributed by atoms with Crippen molar-refractivity contribution in [2.75, 3.05) is 0 Å². The topological polar surface area (TPSA) is 74.6 Å². The summed E-state index contributed by atoms with van der Waals surface area (Å²) in [5, 5.41) is 20.2. The minimum absolute atomic E-state index is 0.0738. The maximum absolute atomic E-state index is 12.4. The fourth-order valence-corrected chi connectivity index (χ4v) is 5.36. The number of unbranched alkanes of at least 4 members (excludes halogenated alkanes) is 8. The number of hydrogen-bond donors (Lipinski definition) is 2. The molecule has 0 aromatic heterocycles. The van der Waals surface area contributed by atoms with Gasteiger partial charge in [-0.15, -0.1) is 0 Å². The number of carboxylic acids is 2. The van der Waals surface area contributed by atoms with E-state index in [1.807, 2.05) is 6.08 Å². The molecule has 3 atom stereocenters. The van der Waals surface area contributed by atoms with Gasteiger partial charge in [-0.05, 0) is 37.0 Å². The van der Waals surface area contributed by atoms with Gasteiger partial charge in [0, 0.05) is 0 Å². The van der Waals surface area contributed by atoms with Gasteiger partial charge >= 0.3 is 11.9 Å². The Labute approximate surface area is 197 Å². The van der Waals surface area contributed by atoms with E-state index in [9.17, 15) is 19.8 Å². The molecule has 4 heteroatoms. The van der Waals surface area contributed by atoms with Crippen molar-refractivity contribution in [3.8, 4) is 0 Å². The lowest BCUT2D eigenvalue weighted by molar-refractivity contribution is -0.163. The van der Waals surface area contributed by atoms with E-state index < -0.39 is 23.3 Å². The molecule has 0 saturated heterocycles. The molecule has 0 aromatic carbocycles. The summed E-state index contributed by atoms with van der Waals surface area (Å²) in [5.74, 6) is -1.30. The van der Waals surface area contributed by atoms with Crippen LogP contribution in [0.2, 0.25) is 0 Å². The predicted octanol–water partition coefficient (Wildman–Crippen LogP) is 8.11. The average molecular weight is 451 g/mol. The van der Waals surface area contributed by atoms with Crippen LogP contribution in [0.4, 0.5) is 0 Å². The van der Waals surface area contributed by atoms with Crippen molar-refractivity contribution in [1.29, 1.82) is 0 Å². The van der Waals surface area contributed by atoms with Crippen LogP contribution in [-0.2, 0) is 9.59 Å². The van der Waals surface area contributed by atoms with Crippen molar-refractivity contribution in [3.05, 3.63) is 12.2 Å². The molecular formula is C28H50O4. The highest BCUT2D eigenvalue weighted by Crippen LogP contribution is 2.46. The quantitative estimate of drug-likeness (QED) is 0.163. The van der Waals surface area contributed by atoms with Gasteiger partial charge < -0.3 is 10.2 Å². The highest BCUT2D eigenvalue weighted by molar-refractivity contribution is 5.86. The van der Waals surface area contributed by atoms with E-state index in [0.717, 1.165) is 50.4 Å². The van der Waals surface area contributed by atoms with E-state index in [2.05, 4.69) is 27.7 Å². The van der Waals surface area contributed by atoms with Crippen LogP contribution in [0.25, 0.3) is 0 Å². The Morgan fingerprint density at radius 3 is 1.81 bits per heavy atom. The molecule has 0 aliphatic heterocycles. The smallest absolute Gasteiger partial charge is 0.314 e. The monoisotopic (exact) mass is 450 g/mol. The van der Waals surface area contributed by atoms with Crippen LogP contribution in [0.3, 0.4) is 0 Å². The maximum Gasteiger partial charge on any atom is 0.314 e. The first-order valence-electron chi connectivity index (χ1n) is 13.3. The summed E-state index contributed by atoms with van der Waals surface area (Å²) in [5.41, 5.74) is -1.25. The zero-order valence-corrected chi connectivity index (χ0v) is 21.3. The minimum atomic E-state index is -1.25. The minimum Gasteiger partial charge on any atom is -0.481 e. The molecule has 0 spiro atoms. The summed E-state index contributed by atoms with van der Waals surface area (Å²) < 4.78 is 0. The lowest BCUT2D eigenvalue weighted by Crippen LogP contribution is -2.47. The molecular weight excluding hydrogens is 400 g/mol. The van der Waals surface area contributed by atoms with Crippen LogP contribution in [0.1, 0.15) is 124 Å². The second-order valence-corrected chi connectivity index (χ2v) is 11.0. The van der Waals surface area contributed by atoms with Crippen LogP contribution in [0.5, 0.6) is 0 Å². The number of allylic oxidation sites excluding steroid dienone is 1. The zero-order chi connectivity index (χ0) is 24.0. The molecule has 1 aliphatic carbocycles. The molecule has 0 bridgehead atoms. The third kappa shape index (κ3) is 10.1. The Hall–Kier alpha value is -1.32. The van der Waals surface area contributed by atoms with Crippen molar-refractivity contribution >= 4 is 11.9 Å². The summed E-state index contributed by atoms with van der Waals surface area (Å²) in [7, 11) is 0. The zero-order valence-electron chi connectivity index (χ0n) is 21.3. The van der Waals surface area contributed by atoms with Crippen LogP contribution in [0.15, 0.2) is 12.2 Å². The molecule has 0 amide bonds. The Morgan fingerprint density at radius 1 is 0.812 bits per heavy atom. The molecule has 4 nitrogen and oxygen atoms in total. The maximum atomic E-state index is 12.4. The molecule has 0 heterocycles. The summed E-state index contributed by atoms with van der Waals surface area (Å²) in [6, 6.07) is 0. The SMILES string of the molecule is CC(C)CCCCCCCC1CC=CC(CCCCCCCC(C)C)(C(=O)O)C1C(=O)O. The first-order valence-corrected chi connectivity index (χ1v) is 13.3. The van der Waals surface area contributed by atoms with Crippen LogP contribution < -0.4 is 0 Å². The van der Waals surface area contributed by atoms with E-state index in [4.69, 9.17) is 0 Å². The Bertz CT molecular complexity index is 566. The summed E-state index contributed by atoms with van der Waals surface area (Å²) in [4.78, 5) is 24.6. The van der Waals surface area contributed by atoms with E-state index in [1.165, 1.54) is 44.9 Å². The Morgan fingerprint density at radius 2 is 1.31 bits per heavy atom. The van der Waals surface area contributed by atoms with Crippen LogP contribution in [-0.4, -0.2) is 22.2 Å². The van der Waals surface area contributed by atoms with Gasteiger partial charge in [0.15, 0.2) is 0 Å². The Kier molecular flexibility index (Phi) is 13.9. The Balaban J connectivity index is 2.58. The molecule has 0 radical (unpaired) electrons. The fourth-order valence-electron chi connectivity index (χ4n) is 5.36. The molecule has 1 aliphatic rings. The van der Waals surface area contributed by atoms with E-state index in [-0.39, 0.29) is 5.92 Å². The molecule has 2 N–H and O–H groups in total. The molecule has 3 unspecified atom stereocenters. The van der Waals surface area contributed by atoms with Crippen molar-refractivity contribution in [2.24, 2.45) is 29.1 Å². The summed E-state index contributed by atoms with van der Waals surface area (Å²) in [6.45, 7) is 8.98. The van der Waals surface area contributed by atoms with Gasteiger partial charge in [-0.2, -0.15) is 0 Å². The standard InChI is InChI=1S/C28H50O4/c1-22(2)16-11-7-5-9-13-18-24-19-15-21-28(27(31)32,25(24)26(29)30)20-14-10-6-8-12-17-23(3)4/h15,21-25H,5-14,16-20H2,1-4H3,(H,29,30)(H,31,32). The lowest BCUT2D eigenvalue weighted by atomic mass is 9.61. The van der Waals surface area contributed by atoms with Crippen molar-refractivity contribution < 1.29 is 19.8 Å². The number of carboxylic acid groups (broad SMARTS) is 2. The second kappa shape index (κ2) is 15.5. The van der Waals surface area contributed by atoms with Gasteiger partial charge in [-0.3, -0.25) is 9.59 Å². The highest BCUT2D eigenvalue weighted by Gasteiger charge is 2.51. The van der Waals surface area contributed by atoms with Gasteiger partial charge in [0.1, 0.15) is 0 Å². The first-order chi connectivity index (χ1) is 15.2. The fraction of sp³-hybridized carbons (Fsp3) is 0.857. The average Bonchev–Trinajstić information content (AvgIpc) is 2.71. The van der Waals surface area contributed by atoms with Crippen molar-refractivity contribution in [2.45, 2.75) is 124 Å². The number of rotatable bonds is 18. The largest absolute Gasteiger partial charge is 0.481 e. The van der Waals surface area contributed by atoms with Gasteiger partial charge in [0.2, 0.25) is 0 Å². The third-order valence-electron chi connectivity index (χ3n) is 7.27. The molecule has 0 fully saturated rings. The van der Waals surface area contributed by atoms with E-state index in [1.54, 1.807) is 6.08 Å². The molecule has 186 valence electrons. The normalized spacial score (nSPS) is 23.2. The van der Waals surface area contributed by atoms with Crippen molar-refractivity contribution in [3.63, 3.8) is 0 Å². The van der Waals surface area contributed by atoms with Gasteiger partial charge in [0.25, 0.3) is 0 Å². The molecule has 0 saturated carbocycles. The lowest BCUT2D eigenvalue weighted by Gasteiger charge is -2.40. The van der Waals surface area contributed by atoms with E-state index >= 15 is 0 Å². The number of aliphatic carboxylic acids is 2. The van der Waals surface area contributed by atoms with Gasteiger partial charge in [-0.25, -0.2) is 0 Å². The van der Waals surface area contributed by atoms with Gasteiger partial charge in [-0.1, -0.05) is 117 Å². The van der Waals surface area contributed by atoms with Crippen LogP contribution >= 0.6 is 0 Å². The summed E-state index contributed by atoms with van der Waals surface area (Å²) in [6.07, 6.45) is 19.2. The van der Waals surface area contributed by atoms with Crippen molar-refractivity contribution in [1.82, 2.24) is 0 Å². The van der Waals surface area contributed by atoms with E-state index in [0.29, 0.717) is 12.8 Å². The number of carbonyl (C=O) groups is 2. The predicted molar refractivity (Wildman–Crippen MR) is 133 cm³/mol. The second-order valence-electron chi connectivity index (χ2n) is 11.0. The molecule has 1 rings (SSSR count). The molecule has 32 heavy (non-hydrogen) atoms.